The fourth-order valence-electron chi connectivity index (χ4n) is 2.32. The van der Waals surface area contributed by atoms with Crippen LogP contribution in [0.2, 0.25) is 0 Å². The topological polar surface area (TPSA) is 87.2 Å². The summed E-state index contributed by atoms with van der Waals surface area (Å²) in [5, 5.41) is 9.04. The van der Waals surface area contributed by atoms with Crippen LogP contribution in [0.1, 0.15) is 31.2 Å². The van der Waals surface area contributed by atoms with Crippen molar-refractivity contribution in [1.82, 2.24) is 4.31 Å². The summed E-state index contributed by atoms with van der Waals surface area (Å²) in [4.78, 5) is 0.0508. The first-order valence-corrected chi connectivity index (χ1v) is 7.78. The van der Waals surface area contributed by atoms with Gasteiger partial charge in [0.15, 0.2) is 0 Å². The van der Waals surface area contributed by atoms with Crippen molar-refractivity contribution in [3.8, 4) is 6.07 Å². The van der Waals surface area contributed by atoms with Gasteiger partial charge in [0.25, 0.3) is 0 Å². The number of hydrogen-bond acceptors (Lipinski definition) is 4. The summed E-state index contributed by atoms with van der Waals surface area (Å²) in [6.07, 6.45) is 2.89. The summed E-state index contributed by atoms with van der Waals surface area (Å²) in [5.41, 5.74) is 6.12. The standard InChI is InChI=1S/C13H17N3O2S/c14-10-11-6-3-4-7-12(11)19(17,18)16-9-5-1-2-8-13(16)15/h3-4,6-7,13H,1-2,5,8-9,15H2. The van der Waals surface area contributed by atoms with Crippen molar-refractivity contribution >= 4 is 10.0 Å². The van der Waals surface area contributed by atoms with Gasteiger partial charge in [0.05, 0.1) is 11.7 Å². The molecule has 1 aliphatic heterocycles. The van der Waals surface area contributed by atoms with Crippen molar-refractivity contribution in [3.63, 3.8) is 0 Å². The molecule has 5 nitrogen and oxygen atoms in total. The number of nitrogens with two attached hydrogens (primary N) is 1. The van der Waals surface area contributed by atoms with Gasteiger partial charge in [-0.3, -0.25) is 0 Å². The third kappa shape index (κ3) is 2.78. The number of benzene rings is 1. The van der Waals surface area contributed by atoms with Crippen LogP contribution in [0.15, 0.2) is 29.2 Å². The van der Waals surface area contributed by atoms with E-state index in [1.165, 1.54) is 16.4 Å². The molecule has 1 aromatic carbocycles. The van der Waals surface area contributed by atoms with E-state index >= 15 is 0 Å². The van der Waals surface area contributed by atoms with Gasteiger partial charge in [-0.2, -0.15) is 9.57 Å². The molecule has 1 unspecified atom stereocenters. The Morgan fingerprint density at radius 3 is 2.74 bits per heavy atom. The van der Waals surface area contributed by atoms with E-state index in [1.54, 1.807) is 12.1 Å². The zero-order valence-corrected chi connectivity index (χ0v) is 11.4. The molecule has 0 radical (unpaired) electrons. The highest BCUT2D eigenvalue weighted by molar-refractivity contribution is 7.89. The zero-order valence-electron chi connectivity index (χ0n) is 10.6. The Kier molecular flexibility index (Phi) is 4.20. The van der Waals surface area contributed by atoms with E-state index in [4.69, 9.17) is 11.0 Å². The number of nitrogens with zero attached hydrogens (tertiary/aromatic N) is 2. The van der Waals surface area contributed by atoms with E-state index in [1.807, 2.05) is 6.07 Å². The first-order chi connectivity index (χ1) is 9.07. The Morgan fingerprint density at radius 2 is 2.00 bits per heavy atom. The van der Waals surface area contributed by atoms with Gasteiger partial charge < -0.3 is 5.73 Å². The van der Waals surface area contributed by atoms with Crippen molar-refractivity contribution in [3.05, 3.63) is 29.8 Å². The largest absolute Gasteiger partial charge is 0.315 e. The Hall–Kier alpha value is -1.42. The molecule has 2 N–H and O–H groups in total. The molecule has 0 saturated carbocycles. The van der Waals surface area contributed by atoms with Gasteiger partial charge in [-0.05, 0) is 25.0 Å². The van der Waals surface area contributed by atoms with Crippen LogP contribution >= 0.6 is 0 Å². The molecule has 0 bridgehead atoms. The van der Waals surface area contributed by atoms with E-state index < -0.39 is 16.2 Å². The number of sulfonamides is 1. The second-order valence-corrected chi connectivity index (χ2v) is 6.50. The number of rotatable bonds is 2. The molecular weight excluding hydrogens is 262 g/mol. The summed E-state index contributed by atoms with van der Waals surface area (Å²) in [6.45, 7) is 0.420. The molecule has 0 aliphatic carbocycles. The Morgan fingerprint density at radius 1 is 1.26 bits per heavy atom. The fourth-order valence-corrected chi connectivity index (χ4v) is 4.04. The van der Waals surface area contributed by atoms with Crippen LogP contribution in [0.25, 0.3) is 0 Å². The monoisotopic (exact) mass is 279 g/mol. The number of hydrogen-bond donors (Lipinski definition) is 1. The Bertz CT molecular complexity index is 592. The molecule has 19 heavy (non-hydrogen) atoms. The molecule has 1 heterocycles. The van der Waals surface area contributed by atoms with Crippen LogP contribution < -0.4 is 5.73 Å². The molecule has 6 heteroatoms. The molecule has 102 valence electrons. The molecule has 0 aromatic heterocycles. The molecular formula is C13H17N3O2S. The second-order valence-electron chi connectivity index (χ2n) is 4.64. The molecule has 0 amide bonds. The highest BCUT2D eigenvalue weighted by atomic mass is 32.2. The predicted octanol–water partition coefficient (Wildman–Crippen LogP) is 1.41. The van der Waals surface area contributed by atoms with Crippen molar-refractivity contribution in [2.45, 2.75) is 36.7 Å². The first kappa shape index (κ1) is 14.0. The lowest BCUT2D eigenvalue weighted by molar-refractivity contribution is 0.329. The van der Waals surface area contributed by atoms with Gasteiger partial charge in [0.2, 0.25) is 10.0 Å². The lowest BCUT2D eigenvalue weighted by atomic mass is 10.2. The van der Waals surface area contributed by atoms with Gasteiger partial charge in [-0.25, -0.2) is 8.42 Å². The van der Waals surface area contributed by atoms with Crippen LogP contribution in [-0.4, -0.2) is 25.4 Å². The van der Waals surface area contributed by atoms with Gasteiger partial charge in [-0.15, -0.1) is 0 Å². The fraction of sp³-hybridized carbons (Fsp3) is 0.462. The van der Waals surface area contributed by atoms with Crippen molar-refractivity contribution in [1.29, 1.82) is 5.26 Å². The first-order valence-electron chi connectivity index (χ1n) is 6.34. The lowest BCUT2D eigenvalue weighted by Crippen LogP contribution is -2.45. The van der Waals surface area contributed by atoms with Crippen LogP contribution in [-0.2, 0) is 10.0 Å². The van der Waals surface area contributed by atoms with E-state index in [-0.39, 0.29) is 10.5 Å². The molecule has 0 spiro atoms. The van der Waals surface area contributed by atoms with Crippen molar-refractivity contribution < 1.29 is 8.42 Å². The maximum atomic E-state index is 12.6. The highest BCUT2D eigenvalue weighted by Gasteiger charge is 2.31. The summed E-state index contributed by atoms with van der Waals surface area (Å²) in [7, 11) is -3.69. The maximum absolute atomic E-state index is 12.6. The van der Waals surface area contributed by atoms with E-state index in [0.29, 0.717) is 13.0 Å². The Balaban J connectivity index is 2.44. The van der Waals surface area contributed by atoms with Crippen molar-refractivity contribution in [2.75, 3.05) is 6.54 Å². The summed E-state index contributed by atoms with van der Waals surface area (Å²) in [5.74, 6) is 0. The third-order valence-electron chi connectivity index (χ3n) is 3.34. The normalized spacial score (nSPS) is 21.6. The smallest absolute Gasteiger partial charge is 0.245 e. The van der Waals surface area contributed by atoms with Gasteiger partial charge in [0.1, 0.15) is 11.0 Å². The van der Waals surface area contributed by atoms with Crippen molar-refractivity contribution in [2.24, 2.45) is 5.73 Å². The van der Waals surface area contributed by atoms with Gasteiger partial charge >= 0.3 is 0 Å². The van der Waals surface area contributed by atoms with Crippen LogP contribution in [0.3, 0.4) is 0 Å². The van der Waals surface area contributed by atoms with Gasteiger partial charge in [0, 0.05) is 6.54 Å². The Labute approximate surface area is 113 Å². The average molecular weight is 279 g/mol. The molecule has 1 aliphatic rings. The minimum atomic E-state index is -3.69. The van der Waals surface area contributed by atoms with E-state index in [2.05, 4.69) is 0 Å². The minimum Gasteiger partial charge on any atom is -0.315 e. The average Bonchev–Trinajstić information content (AvgIpc) is 2.63. The summed E-state index contributed by atoms with van der Waals surface area (Å²) >= 11 is 0. The van der Waals surface area contributed by atoms with Gasteiger partial charge in [-0.1, -0.05) is 25.0 Å². The lowest BCUT2D eigenvalue weighted by Gasteiger charge is -2.26. The minimum absolute atomic E-state index is 0.0508. The molecule has 1 atom stereocenters. The zero-order chi connectivity index (χ0) is 13.9. The van der Waals surface area contributed by atoms with Crippen LogP contribution in [0.4, 0.5) is 0 Å². The summed E-state index contributed by atoms with van der Waals surface area (Å²) in [6, 6.07) is 8.17. The second kappa shape index (κ2) is 5.70. The number of nitriles is 1. The molecule has 1 saturated heterocycles. The van der Waals surface area contributed by atoms with Crippen LogP contribution in [0, 0.1) is 11.3 Å². The summed E-state index contributed by atoms with van der Waals surface area (Å²) < 4.78 is 26.6. The predicted molar refractivity (Wildman–Crippen MR) is 71.5 cm³/mol. The molecule has 1 aromatic rings. The van der Waals surface area contributed by atoms with E-state index in [0.717, 1.165) is 19.3 Å². The third-order valence-corrected chi connectivity index (χ3v) is 5.33. The molecule has 1 fully saturated rings. The SMILES string of the molecule is N#Cc1ccccc1S(=O)(=O)N1CCCCCC1N. The highest BCUT2D eigenvalue weighted by Crippen LogP contribution is 2.24. The van der Waals surface area contributed by atoms with Crippen LogP contribution in [0.5, 0.6) is 0 Å². The van der Waals surface area contributed by atoms with E-state index in [9.17, 15) is 8.42 Å². The molecule has 2 rings (SSSR count). The maximum Gasteiger partial charge on any atom is 0.245 e. The quantitative estimate of drug-likeness (QED) is 0.886.